The monoisotopic (exact) mass is 518 g/mol. The van der Waals surface area contributed by atoms with Gasteiger partial charge in [-0.2, -0.15) is 0 Å². The van der Waals surface area contributed by atoms with Crippen LogP contribution in [0.15, 0.2) is 64.7 Å². The topological polar surface area (TPSA) is 124 Å². The molecule has 196 valence electrons. The Labute approximate surface area is 218 Å². The number of furan rings is 1. The van der Waals surface area contributed by atoms with Crippen LogP contribution in [0.25, 0.3) is 6.08 Å². The molecule has 0 unspecified atom stereocenters. The molecule has 1 fully saturated rings. The van der Waals surface area contributed by atoms with E-state index in [4.69, 9.17) is 13.9 Å². The number of carbonyl (C=O) groups excluding carboxylic acids is 4. The van der Waals surface area contributed by atoms with Gasteiger partial charge in [-0.15, -0.1) is 0 Å². The molecule has 1 aromatic heterocycles. The lowest BCUT2D eigenvalue weighted by molar-refractivity contribution is -0.123. The molecule has 0 saturated carbocycles. The van der Waals surface area contributed by atoms with Crippen molar-refractivity contribution >= 4 is 29.8 Å². The summed E-state index contributed by atoms with van der Waals surface area (Å²) in [6.07, 6.45) is 1.45. The SMILES string of the molecule is CCOc1cc(OCC)c(C(=O)c2ccccc2)cc1/C=C1\NC(=O)N(Cc2ccc(C(=O)OC)o2)C1=O. The lowest BCUT2D eigenvalue weighted by atomic mass is 9.99. The molecule has 0 aliphatic carbocycles. The number of hydrogen-bond acceptors (Lipinski definition) is 8. The lowest BCUT2D eigenvalue weighted by Gasteiger charge is -2.15. The largest absolute Gasteiger partial charge is 0.493 e. The number of amides is 3. The minimum atomic E-state index is -0.672. The zero-order valence-corrected chi connectivity index (χ0v) is 21.1. The van der Waals surface area contributed by atoms with E-state index in [1.54, 1.807) is 43.3 Å². The standard InChI is InChI=1S/C28H26N2O8/c1-4-36-23-15-24(37-5-2)20(25(31)17-9-7-6-8-10-17)13-18(23)14-21-26(32)30(28(34)29-21)16-19-11-12-22(38-19)27(33)35-3/h6-15H,4-5,16H2,1-3H3,(H,29,34)/b21-14-. The molecule has 10 heteroatoms. The summed E-state index contributed by atoms with van der Waals surface area (Å²) in [6.45, 7) is 4.06. The van der Waals surface area contributed by atoms with Gasteiger partial charge in [0.2, 0.25) is 5.76 Å². The summed E-state index contributed by atoms with van der Waals surface area (Å²) in [5, 5.41) is 2.55. The Morgan fingerprint density at radius 2 is 1.68 bits per heavy atom. The molecule has 0 spiro atoms. The first kappa shape index (κ1) is 26.2. The van der Waals surface area contributed by atoms with Gasteiger partial charge in [0.15, 0.2) is 5.78 Å². The van der Waals surface area contributed by atoms with Gasteiger partial charge in [0, 0.05) is 17.2 Å². The highest BCUT2D eigenvalue weighted by molar-refractivity contribution is 6.14. The molecule has 1 N–H and O–H groups in total. The number of urea groups is 1. The first-order chi connectivity index (χ1) is 18.4. The van der Waals surface area contributed by atoms with Crippen LogP contribution in [0.5, 0.6) is 11.5 Å². The van der Waals surface area contributed by atoms with Crippen molar-refractivity contribution in [3.05, 3.63) is 88.5 Å². The Hall–Kier alpha value is -4.86. The fourth-order valence-electron chi connectivity index (χ4n) is 3.87. The van der Waals surface area contributed by atoms with Crippen molar-refractivity contribution < 1.29 is 37.8 Å². The van der Waals surface area contributed by atoms with Crippen molar-refractivity contribution in [3.8, 4) is 11.5 Å². The molecular weight excluding hydrogens is 492 g/mol. The van der Waals surface area contributed by atoms with Gasteiger partial charge in [0.1, 0.15) is 23.0 Å². The number of rotatable bonds is 10. The number of imide groups is 1. The quantitative estimate of drug-likeness (QED) is 0.183. The number of benzene rings is 2. The minimum absolute atomic E-state index is 0.0158. The number of carbonyl (C=O) groups is 4. The third-order valence-corrected chi connectivity index (χ3v) is 5.62. The van der Waals surface area contributed by atoms with Crippen LogP contribution >= 0.6 is 0 Å². The van der Waals surface area contributed by atoms with Crippen molar-refractivity contribution in [3.63, 3.8) is 0 Å². The second-order valence-corrected chi connectivity index (χ2v) is 8.08. The molecule has 2 heterocycles. The van der Waals surface area contributed by atoms with E-state index in [0.29, 0.717) is 35.8 Å². The van der Waals surface area contributed by atoms with E-state index in [1.165, 1.54) is 25.3 Å². The van der Waals surface area contributed by atoms with Gasteiger partial charge < -0.3 is 23.9 Å². The molecule has 3 amide bonds. The fraction of sp³-hybridized carbons (Fsp3) is 0.214. The number of nitrogens with zero attached hydrogens (tertiary/aromatic N) is 1. The maximum atomic E-state index is 13.3. The van der Waals surface area contributed by atoms with Crippen LogP contribution in [0.3, 0.4) is 0 Å². The van der Waals surface area contributed by atoms with Gasteiger partial charge in [-0.25, -0.2) is 9.59 Å². The van der Waals surface area contributed by atoms with Crippen molar-refractivity contribution in [1.82, 2.24) is 10.2 Å². The molecule has 1 saturated heterocycles. The molecule has 10 nitrogen and oxygen atoms in total. The van der Waals surface area contributed by atoms with Crippen molar-refractivity contribution in [2.24, 2.45) is 0 Å². The van der Waals surface area contributed by atoms with Gasteiger partial charge in [-0.3, -0.25) is 14.5 Å². The smallest absolute Gasteiger partial charge is 0.373 e. The fourth-order valence-corrected chi connectivity index (χ4v) is 3.87. The normalized spacial score (nSPS) is 14.0. The summed E-state index contributed by atoms with van der Waals surface area (Å²) < 4.78 is 21.5. The van der Waals surface area contributed by atoms with E-state index in [9.17, 15) is 19.2 Å². The number of hydrogen-bond donors (Lipinski definition) is 1. The highest BCUT2D eigenvalue weighted by atomic mass is 16.5. The number of ketones is 1. The third kappa shape index (κ3) is 5.44. The van der Waals surface area contributed by atoms with Crippen LogP contribution in [-0.2, 0) is 16.1 Å². The number of methoxy groups -OCH3 is 1. The second-order valence-electron chi connectivity index (χ2n) is 8.08. The maximum absolute atomic E-state index is 13.3. The van der Waals surface area contributed by atoms with Gasteiger partial charge in [0.25, 0.3) is 5.91 Å². The molecular formula is C28H26N2O8. The van der Waals surface area contributed by atoms with Crippen LogP contribution < -0.4 is 14.8 Å². The summed E-state index contributed by atoms with van der Waals surface area (Å²) >= 11 is 0. The molecule has 3 aromatic rings. The molecule has 1 aliphatic heterocycles. The predicted octanol–water partition coefficient (Wildman–Crippen LogP) is 4.19. The molecule has 0 radical (unpaired) electrons. The Balaban J connectivity index is 1.68. The second kappa shape index (κ2) is 11.5. The first-order valence-corrected chi connectivity index (χ1v) is 11.9. The average Bonchev–Trinajstić information content (AvgIpc) is 3.50. The van der Waals surface area contributed by atoms with Gasteiger partial charge in [-0.1, -0.05) is 30.3 Å². The molecule has 4 rings (SSSR count). The molecule has 0 atom stereocenters. The van der Waals surface area contributed by atoms with Crippen molar-refractivity contribution in [2.75, 3.05) is 20.3 Å². The molecule has 2 aromatic carbocycles. The number of esters is 1. The maximum Gasteiger partial charge on any atom is 0.373 e. The predicted molar refractivity (Wildman–Crippen MR) is 136 cm³/mol. The first-order valence-electron chi connectivity index (χ1n) is 11.9. The van der Waals surface area contributed by atoms with E-state index in [2.05, 4.69) is 10.1 Å². The Morgan fingerprint density at radius 1 is 0.974 bits per heavy atom. The molecule has 38 heavy (non-hydrogen) atoms. The van der Waals surface area contributed by atoms with E-state index in [-0.39, 0.29) is 35.1 Å². The summed E-state index contributed by atoms with van der Waals surface area (Å²) in [4.78, 5) is 51.6. The van der Waals surface area contributed by atoms with Crippen molar-refractivity contribution in [2.45, 2.75) is 20.4 Å². The molecule has 0 bridgehead atoms. The average molecular weight is 519 g/mol. The van der Waals surface area contributed by atoms with Crippen LogP contribution in [0.1, 0.15) is 51.6 Å². The Bertz CT molecular complexity index is 1410. The minimum Gasteiger partial charge on any atom is -0.493 e. The highest BCUT2D eigenvalue weighted by Gasteiger charge is 2.35. The van der Waals surface area contributed by atoms with E-state index >= 15 is 0 Å². The summed E-state index contributed by atoms with van der Waals surface area (Å²) in [6, 6.07) is 14.1. The van der Waals surface area contributed by atoms with E-state index in [0.717, 1.165) is 4.90 Å². The Kier molecular flexibility index (Phi) is 7.91. The zero-order valence-electron chi connectivity index (χ0n) is 21.1. The van der Waals surface area contributed by atoms with Crippen LogP contribution in [-0.4, -0.2) is 48.9 Å². The van der Waals surface area contributed by atoms with Crippen LogP contribution in [0.4, 0.5) is 4.79 Å². The third-order valence-electron chi connectivity index (χ3n) is 5.62. The highest BCUT2D eigenvalue weighted by Crippen LogP contribution is 2.33. The summed E-state index contributed by atoms with van der Waals surface area (Å²) in [5.74, 6) is -0.651. The molecule has 1 aliphatic rings. The van der Waals surface area contributed by atoms with E-state index in [1.807, 2.05) is 13.0 Å². The van der Waals surface area contributed by atoms with Gasteiger partial charge in [0.05, 0.1) is 32.4 Å². The van der Waals surface area contributed by atoms with Crippen molar-refractivity contribution in [1.29, 1.82) is 0 Å². The van der Waals surface area contributed by atoms with E-state index < -0.39 is 17.9 Å². The lowest BCUT2D eigenvalue weighted by Crippen LogP contribution is -2.30. The summed E-state index contributed by atoms with van der Waals surface area (Å²) in [7, 11) is 1.22. The number of nitrogens with one attached hydrogen (secondary N) is 1. The van der Waals surface area contributed by atoms with Crippen LogP contribution in [0, 0.1) is 0 Å². The summed E-state index contributed by atoms with van der Waals surface area (Å²) in [5.41, 5.74) is 1.15. The van der Waals surface area contributed by atoms with Crippen LogP contribution in [0.2, 0.25) is 0 Å². The van der Waals surface area contributed by atoms with Gasteiger partial charge in [-0.05, 0) is 38.1 Å². The van der Waals surface area contributed by atoms with Gasteiger partial charge >= 0.3 is 12.0 Å². The number of ether oxygens (including phenoxy) is 3. The zero-order chi connectivity index (χ0) is 27.2. The Morgan fingerprint density at radius 3 is 2.37 bits per heavy atom.